The number of ether oxygens (including phenoxy) is 2. The third-order valence-electron chi connectivity index (χ3n) is 3.21. The van der Waals surface area contributed by atoms with E-state index in [0.717, 1.165) is 9.13 Å². The molecule has 0 aromatic carbocycles. The van der Waals surface area contributed by atoms with Gasteiger partial charge in [0.15, 0.2) is 22.6 Å². The van der Waals surface area contributed by atoms with Crippen LogP contribution < -0.4 is 11.2 Å². The summed E-state index contributed by atoms with van der Waals surface area (Å²) < 4.78 is 11.6. The third-order valence-corrected chi connectivity index (χ3v) is 3.21. The molecule has 0 N–H and O–H groups in total. The predicted octanol–water partition coefficient (Wildman–Crippen LogP) is -0.619. The number of hydrogen-bond acceptors (Lipinski definition) is 8. The van der Waals surface area contributed by atoms with Crippen LogP contribution in [0.5, 0.6) is 0 Å². The van der Waals surface area contributed by atoms with Crippen LogP contribution in [0.3, 0.4) is 0 Å². The zero-order valence-corrected chi connectivity index (χ0v) is 13.7. The van der Waals surface area contributed by atoms with Crippen LogP contribution >= 0.6 is 0 Å². The van der Waals surface area contributed by atoms with Gasteiger partial charge < -0.3 is 9.47 Å². The molecule has 10 heteroatoms. The van der Waals surface area contributed by atoms with Crippen molar-refractivity contribution in [3.8, 4) is 0 Å². The number of rotatable bonds is 4. The minimum Gasteiger partial charge on any atom is -0.461 e. The Morgan fingerprint density at radius 1 is 0.917 bits per heavy atom. The van der Waals surface area contributed by atoms with E-state index in [-0.39, 0.29) is 24.4 Å². The maximum atomic E-state index is 12.2. The van der Waals surface area contributed by atoms with Gasteiger partial charge in [0.2, 0.25) is 0 Å². The maximum Gasteiger partial charge on any atom is 0.359 e. The summed E-state index contributed by atoms with van der Waals surface area (Å²) in [7, 11) is 2.65. The van der Waals surface area contributed by atoms with Crippen molar-refractivity contribution in [1.82, 2.24) is 19.1 Å². The molecule has 0 fully saturated rings. The van der Waals surface area contributed by atoms with E-state index in [2.05, 4.69) is 9.97 Å². The largest absolute Gasteiger partial charge is 0.461 e. The molecule has 2 heterocycles. The van der Waals surface area contributed by atoms with Crippen LogP contribution in [0.1, 0.15) is 34.8 Å². The zero-order chi connectivity index (χ0) is 18.0. The van der Waals surface area contributed by atoms with Crippen molar-refractivity contribution < 1.29 is 19.1 Å². The summed E-state index contributed by atoms with van der Waals surface area (Å²) in [6, 6.07) is 0. The lowest BCUT2D eigenvalue weighted by Crippen LogP contribution is -2.38. The Labute approximate surface area is 135 Å². The minimum atomic E-state index is -0.911. The summed E-state index contributed by atoms with van der Waals surface area (Å²) >= 11 is 0. The number of carbonyl (C=O) groups is 2. The van der Waals surface area contributed by atoms with Crippen molar-refractivity contribution in [3.63, 3.8) is 0 Å². The van der Waals surface area contributed by atoms with E-state index in [9.17, 15) is 19.2 Å². The molecule has 0 aliphatic heterocycles. The highest BCUT2D eigenvalue weighted by Gasteiger charge is 2.26. The second-order valence-electron chi connectivity index (χ2n) is 4.74. The lowest BCUT2D eigenvalue weighted by Gasteiger charge is -2.10. The average Bonchev–Trinajstić information content (AvgIpc) is 2.57. The molecule has 2 aromatic rings. The van der Waals surface area contributed by atoms with Crippen molar-refractivity contribution in [1.29, 1.82) is 0 Å². The summed E-state index contributed by atoms with van der Waals surface area (Å²) in [4.78, 5) is 56.2. The zero-order valence-electron chi connectivity index (χ0n) is 13.7. The van der Waals surface area contributed by atoms with Crippen molar-refractivity contribution in [2.45, 2.75) is 13.8 Å². The van der Waals surface area contributed by atoms with Gasteiger partial charge in [-0.3, -0.25) is 13.9 Å². The fraction of sp³-hybridized carbons (Fsp3) is 0.429. The van der Waals surface area contributed by atoms with Crippen LogP contribution in [0.4, 0.5) is 0 Å². The Kier molecular flexibility index (Phi) is 4.77. The Balaban J connectivity index is 2.90. The molecule has 0 atom stereocenters. The van der Waals surface area contributed by atoms with Gasteiger partial charge in [0.25, 0.3) is 5.56 Å². The van der Waals surface area contributed by atoms with Gasteiger partial charge in [0, 0.05) is 14.1 Å². The first-order valence-electron chi connectivity index (χ1n) is 7.15. The monoisotopic (exact) mass is 336 g/mol. The number of nitrogens with zero attached hydrogens (tertiary/aromatic N) is 4. The highest BCUT2D eigenvalue weighted by Crippen LogP contribution is 2.12. The van der Waals surface area contributed by atoms with Gasteiger partial charge in [0.1, 0.15) is 0 Å². The highest BCUT2D eigenvalue weighted by molar-refractivity contribution is 6.01. The lowest BCUT2D eigenvalue weighted by molar-refractivity contribution is 0.0468. The lowest BCUT2D eigenvalue weighted by atomic mass is 10.3. The SMILES string of the molecule is CCOC(=O)c1nc2c(=O)n(C)c(=O)n(C)c2nc1C(=O)OCC. The molecular weight excluding hydrogens is 320 g/mol. The number of carbonyl (C=O) groups excluding carboxylic acids is 2. The van der Waals surface area contributed by atoms with E-state index in [0.29, 0.717) is 0 Å². The molecule has 0 saturated carbocycles. The van der Waals surface area contributed by atoms with Crippen LogP contribution in [0.25, 0.3) is 11.2 Å². The van der Waals surface area contributed by atoms with E-state index in [4.69, 9.17) is 9.47 Å². The van der Waals surface area contributed by atoms with Crippen LogP contribution in [0.15, 0.2) is 9.59 Å². The molecule has 10 nitrogen and oxygen atoms in total. The molecule has 2 aromatic heterocycles. The third kappa shape index (κ3) is 2.77. The predicted molar refractivity (Wildman–Crippen MR) is 81.9 cm³/mol. The standard InChI is InChI=1S/C14H16N4O6/c1-5-23-12(20)7-8(13(21)24-6-2)16-10-9(15-7)11(19)18(4)14(22)17(10)3/h5-6H2,1-4H3. The summed E-state index contributed by atoms with van der Waals surface area (Å²) in [5.41, 5.74) is -2.57. The van der Waals surface area contributed by atoms with Crippen molar-refractivity contribution in [2.24, 2.45) is 14.1 Å². The highest BCUT2D eigenvalue weighted by atomic mass is 16.5. The molecule has 0 radical (unpaired) electrons. The van der Waals surface area contributed by atoms with Crippen molar-refractivity contribution >= 4 is 23.1 Å². The average molecular weight is 336 g/mol. The molecule has 0 bridgehead atoms. The van der Waals surface area contributed by atoms with Gasteiger partial charge >= 0.3 is 17.6 Å². The molecule has 0 saturated heterocycles. The smallest absolute Gasteiger partial charge is 0.359 e. The van der Waals surface area contributed by atoms with Gasteiger partial charge in [-0.2, -0.15) is 0 Å². The quantitative estimate of drug-likeness (QED) is 0.677. The Hall–Kier alpha value is -3.04. The number of aryl methyl sites for hydroxylation is 1. The molecule has 128 valence electrons. The second kappa shape index (κ2) is 6.60. The summed E-state index contributed by atoms with van der Waals surface area (Å²) in [6.45, 7) is 3.27. The number of fused-ring (bicyclic) bond motifs is 1. The minimum absolute atomic E-state index is 0.0477. The van der Waals surface area contributed by atoms with E-state index < -0.39 is 34.6 Å². The Morgan fingerprint density at radius 2 is 1.42 bits per heavy atom. The number of hydrogen-bond donors (Lipinski definition) is 0. The van der Waals surface area contributed by atoms with Gasteiger partial charge in [-0.15, -0.1) is 0 Å². The fourth-order valence-electron chi connectivity index (χ4n) is 2.05. The van der Waals surface area contributed by atoms with Crippen LogP contribution in [0, 0.1) is 0 Å². The van der Waals surface area contributed by atoms with Gasteiger partial charge in [-0.1, -0.05) is 0 Å². The summed E-state index contributed by atoms with van der Waals surface area (Å²) in [6.07, 6.45) is 0. The molecule has 24 heavy (non-hydrogen) atoms. The molecule has 0 spiro atoms. The van der Waals surface area contributed by atoms with Crippen LogP contribution in [0.2, 0.25) is 0 Å². The van der Waals surface area contributed by atoms with E-state index in [1.807, 2.05) is 0 Å². The van der Waals surface area contributed by atoms with Gasteiger partial charge in [0.05, 0.1) is 13.2 Å². The first-order chi connectivity index (χ1) is 11.3. The van der Waals surface area contributed by atoms with E-state index in [1.165, 1.54) is 14.1 Å². The van der Waals surface area contributed by atoms with Crippen molar-refractivity contribution in [3.05, 3.63) is 32.2 Å². The van der Waals surface area contributed by atoms with E-state index in [1.54, 1.807) is 13.8 Å². The maximum absolute atomic E-state index is 12.2. The van der Waals surface area contributed by atoms with Gasteiger partial charge in [-0.25, -0.2) is 24.4 Å². The Morgan fingerprint density at radius 3 is 1.92 bits per heavy atom. The first-order valence-corrected chi connectivity index (χ1v) is 7.15. The summed E-state index contributed by atoms with van der Waals surface area (Å²) in [5.74, 6) is -1.81. The molecular formula is C14H16N4O6. The molecule has 0 unspecified atom stereocenters. The van der Waals surface area contributed by atoms with Gasteiger partial charge in [-0.05, 0) is 13.8 Å². The number of esters is 2. The summed E-state index contributed by atoms with van der Waals surface area (Å²) in [5, 5.41) is 0. The van der Waals surface area contributed by atoms with Crippen LogP contribution in [-0.2, 0) is 23.6 Å². The normalized spacial score (nSPS) is 10.7. The molecule has 0 aliphatic carbocycles. The Bertz CT molecular complexity index is 943. The van der Waals surface area contributed by atoms with E-state index >= 15 is 0 Å². The van der Waals surface area contributed by atoms with Crippen LogP contribution in [-0.4, -0.2) is 44.3 Å². The fourth-order valence-corrected chi connectivity index (χ4v) is 2.05. The molecule has 0 amide bonds. The molecule has 2 rings (SSSR count). The van der Waals surface area contributed by atoms with Crippen molar-refractivity contribution in [2.75, 3.05) is 13.2 Å². The topological polar surface area (TPSA) is 122 Å². The second-order valence-corrected chi connectivity index (χ2v) is 4.74. The molecule has 0 aliphatic rings. The first kappa shape index (κ1) is 17.3. The number of aromatic nitrogens is 4.